The lowest BCUT2D eigenvalue weighted by Crippen LogP contribution is -2.16. The number of benzene rings is 2. The van der Waals surface area contributed by atoms with Crippen molar-refractivity contribution in [1.29, 1.82) is 0 Å². The predicted molar refractivity (Wildman–Crippen MR) is 97.8 cm³/mol. The Bertz CT molecular complexity index is 553. The molecule has 2 aromatic rings. The van der Waals surface area contributed by atoms with Crippen LogP contribution in [0.3, 0.4) is 0 Å². The van der Waals surface area contributed by atoms with Crippen molar-refractivity contribution >= 4 is 12.4 Å². The summed E-state index contributed by atoms with van der Waals surface area (Å²) >= 11 is 0. The molecule has 0 aliphatic carbocycles. The molecule has 2 rings (SSSR count). The molecule has 0 N–H and O–H groups in total. The van der Waals surface area contributed by atoms with Crippen LogP contribution in [0, 0.1) is 0 Å². The van der Waals surface area contributed by atoms with Crippen molar-refractivity contribution in [2.45, 2.75) is 25.9 Å². The van der Waals surface area contributed by atoms with Gasteiger partial charge in [0, 0.05) is 12.4 Å². The van der Waals surface area contributed by atoms with E-state index in [1.54, 1.807) is 0 Å². The topological polar surface area (TPSA) is 34.0 Å². The molecule has 0 radical (unpaired) electrons. The smallest absolute Gasteiger partial charge is 0.0705 e. The summed E-state index contributed by atoms with van der Waals surface area (Å²) in [6.45, 7) is 5.32. The van der Waals surface area contributed by atoms with E-state index in [-0.39, 0.29) is 12.1 Å². The van der Waals surface area contributed by atoms with Gasteiger partial charge in [-0.1, -0.05) is 60.7 Å². The highest BCUT2D eigenvalue weighted by Crippen LogP contribution is 2.00. The maximum absolute atomic E-state index is 5.71. The standard InChI is InChI=1S/C20H24N2O/c1-17(21-13-19-9-5-3-6-10-19)15-23-16-18(2)22-14-20-11-7-4-8-12-20/h3-14,17-18H,15-16H2,1-2H3/b21-13+,22-14+. The lowest BCUT2D eigenvalue weighted by Gasteiger charge is -2.10. The third-order valence-corrected chi connectivity index (χ3v) is 3.27. The normalized spacial score (nSPS) is 14.3. The van der Waals surface area contributed by atoms with Gasteiger partial charge in [0.1, 0.15) is 0 Å². The van der Waals surface area contributed by atoms with E-state index in [0.717, 1.165) is 11.1 Å². The summed E-state index contributed by atoms with van der Waals surface area (Å²) in [4.78, 5) is 8.99. The SMILES string of the molecule is CC(COCC(C)/N=C/c1ccccc1)/N=C/c1ccccc1. The van der Waals surface area contributed by atoms with E-state index >= 15 is 0 Å². The van der Waals surface area contributed by atoms with Crippen LogP contribution in [0.25, 0.3) is 0 Å². The molecular weight excluding hydrogens is 284 g/mol. The fraction of sp³-hybridized carbons (Fsp3) is 0.300. The van der Waals surface area contributed by atoms with E-state index in [4.69, 9.17) is 4.74 Å². The molecule has 0 aromatic heterocycles. The van der Waals surface area contributed by atoms with Crippen LogP contribution in [0.2, 0.25) is 0 Å². The first-order valence-electron chi connectivity index (χ1n) is 7.98. The number of nitrogens with zero attached hydrogens (tertiary/aromatic N) is 2. The summed E-state index contributed by atoms with van der Waals surface area (Å²) in [6, 6.07) is 20.5. The van der Waals surface area contributed by atoms with Gasteiger partial charge in [0.05, 0.1) is 25.3 Å². The molecule has 0 bridgehead atoms. The average molecular weight is 308 g/mol. The number of aliphatic imine (C=N–C) groups is 2. The summed E-state index contributed by atoms with van der Waals surface area (Å²) in [7, 11) is 0. The van der Waals surface area contributed by atoms with Gasteiger partial charge >= 0.3 is 0 Å². The molecule has 0 spiro atoms. The Kier molecular flexibility index (Phi) is 7.21. The molecule has 23 heavy (non-hydrogen) atoms. The van der Waals surface area contributed by atoms with Gasteiger partial charge in [0.15, 0.2) is 0 Å². The average Bonchev–Trinajstić information content (AvgIpc) is 2.60. The fourth-order valence-corrected chi connectivity index (χ4v) is 2.00. The van der Waals surface area contributed by atoms with Crippen LogP contribution in [-0.2, 0) is 4.74 Å². The van der Waals surface area contributed by atoms with Crippen LogP contribution in [0.5, 0.6) is 0 Å². The minimum absolute atomic E-state index is 0.139. The molecule has 0 aliphatic rings. The van der Waals surface area contributed by atoms with Crippen LogP contribution in [0.1, 0.15) is 25.0 Å². The van der Waals surface area contributed by atoms with Gasteiger partial charge in [0.2, 0.25) is 0 Å². The minimum Gasteiger partial charge on any atom is -0.377 e. The monoisotopic (exact) mass is 308 g/mol. The quantitative estimate of drug-likeness (QED) is 0.678. The highest BCUT2D eigenvalue weighted by molar-refractivity contribution is 5.79. The molecular formula is C20H24N2O. The van der Waals surface area contributed by atoms with Crippen molar-refractivity contribution in [2.24, 2.45) is 9.98 Å². The van der Waals surface area contributed by atoms with E-state index in [9.17, 15) is 0 Å². The van der Waals surface area contributed by atoms with Crippen molar-refractivity contribution in [3.63, 3.8) is 0 Å². The zero-order valence-corrected chi connectivity index (χ0v) is 13.8. The van der Waals surface area contributed by atoms with Crippen LogP contribution < -0.4 is 0 Å². The lowest BCUT2D eigenvalue weighted by atomic mass is 10.2. The molecule has 0 amide bonds. The van der Waals surface area contributed by atoms with Gasteiger partial charge in [0.25, 0.3) is 0 Å². The zero-order valence-electron chi connectivity index (χ0n) is 13.8. The summed E-state index contributed by atoms with van der Waals surface area (Å²) in [5.41, 5.74) is 2.22. The second-order valence-electron chi connectivity index (χ2n) is 5.61. The Balaban J connectivity index is 1.68. The van der Waals surface area contributed by atoms with Gasteiger partial charge < -0.3 is 4.74 Å². The molecule has 0 saturated heterocycles. The van der Waals surface area contributed by atoms with E-state index in [1.165, 1.54) is 0 Å². The fourth-order valence-electron chi connectivity index (χ4n) is 2.00. The van der Waals surface area contributed by atoms with Gasteiger partial charge in [-0.15, -0.1) is 0 Å². The number of rotatable bonds is 8. The number of hydrogen-bond donors (Lipinski definition) is 0. The summed E-state index contributed by atoms with van der Waals surface area (Å²) in [6.07, 6.45) is 3.79. The summed E-state index contributed by atoms with van der Waals surface area (Å²) < 4.78 is 5.71. The summed E-state index contributed by atoms with van der Waals surface area (Å²) in [5.74, 6) is 0. The highest BCUT2D eigenvalue weighted by Gasteiger charge is 2.02. The molecule has 0 fully saturated rings. The van der Waals surface area contributed by atoms with Gasteiger partial charge in [-0.3, -0.25) is 9.98 Å². The van der Waals surface area contributed by atoms with Gasteiger partial charge in [-0.25, -0.2) is 0 Å². The third kappa shape index (κ3) is 7.02. The molecule has 2 unspecified atom stereocenters. The van der Waals surface area contributed by atoms with Crippen LogP contribution in [-0.4, -0.2) is 37.7 Å². The second-order valence-corrected chi connectivity index (χ2v) is 5.61. The molecule has 0 aliphatic heterocycles. The largest absolute Gasteiger partial charge is 0.377 e. The van der Waals surface area contributed by atoms with Crippen LogP contribution in [0.4, 0.5) is 0 Å². The first-order valence-corrected chi connectivity index (χ1v) is 7.98. The molecule has 3 heteroatoms. The zero-order chi connectivity index (χ0) is 16.3. The van der Waals surface area contributed by atoms with Crippen molar-refractivity contribution in [3.8, 4) is 0 Å². The third-order valence-electron chi connectivity index (χ3n) is 3.27. The van der Waals surface area contributed by atoms with E-state index in [0.29, 0.717) is 13.2 Å². The van der Waals surface area contributed by atoms with Gasteiger partial charge in [-0.05, 0) is 25.0 Å². The van der Waals surface area contributed by atoms with E-state index in [2.05, 4.69) is 23.8 Å². The number of hydrogen-bond acceptors (Lipinski definition) is 3. The van der Waals surface area contributed by atoms with Crippen molar-refractivity contribution < 1.29 is 4.74 Å². The van der Waals surface area contributed by atoms with Crippen molar-refractivity contribution in [2.75, 3.05) is 13.2 Å². The highest BCUT2D eigenvalue weighted by atomic mass is 16.5. The lowest BCUT2D eigenvalue weighted by molar-refractivity contribution is 0.116. The first-order chi connectivity index (χ1) is 11.2. The Hall–Kier alpha value is -2.26. The Morgan fingerprint density at radius 1 is 0.739 bits per heavy atom. The maximum Gasteiger partial charge on any atom is 0.0705 e. The van der Waals surface area contributed by atoms with Crippen LogP contribution in [0.15, 0.2) is 70.6 Å². The van der Waals surface area contributed by atoms with E-state index < -0.39 is 0 Å². The predicted octanol–water partition coefficient (Wildman–Crippen LogP) is 4.02. The number of ether oxygens (including phenoxy) is 1. The second kappa shape index (κ2) is 9.70. The van der Waals surface area contributed by atoms with E-state index in [1.807, 2.05) is 73.1 Å². The molecule has 0 saturated carbocycles. The molecule has 3 nitrogen and oxygen atoms in total. The Labute approximate surface area is 138 Å². The molecule has 120 valence electrons. The van der Waals surface area contributed by atoms with Crippen molar-refractivity contribution in [1.82, 2.24) is 0 Å². The Morgan fingerprint density at radius 2 is 1.13 bits per heavy atom. The minimum atomic E-state index is 0.139. The summed E-state index contributed by atoms with van der Waals surface area (Å²) in [5, 5.41) is 0. The molecule has 0 heterocycles. The maximum atomic E-state index is 5.71. The first kappa shape index (κ1) is 17.1. The van der Waals surface area contributed by atoms with Crippen molar-refractivity contribution in [3.05, 3.63) is 71.8 Å². The van der Waals surface area contributed by atoms with Crippen LogP contribution >= 0.6 is 0 Å². The Morgan fingerprint density at radius 3 is 1.52 bits per heavy atom. The molecule has 2 atom stereocenters. The molecule has 2 aromatic carbocycles. The van der Waals surface area contributed by atoms with Gasteiger partial charge in [-0.2, -0.15) is 0 Å².